The lowest BCUT2D eigenvalue weighted by Gasteiger charge is -2.09. The van der Waals surface area contributed by atoms with Gasteiger partial charge in [0, 0.05) is 6.04 Å². The molecule has 0 aliphatic carbocycles. The molecule has 0 aromatic heterocycles. The summed E-state index contributed by atoms with van der Waals surface area (Å²) in [6.45, 7) is 4.51. The van der Waals surface area contributed by atoms with Crippen molar-refractivity contribution < 1.29 is 0 Å². The second-order valence-electron chi connectivity index (χ2n) is 6.56. The molecule has 22 heavy (non-hydrogen) atoms. The molecule has 0 aliphatic heterocycles. The van der Waals surface area contributed by atoms with Gasteiger partial charge in [-0.25, -0.2) is 0 Å². The molecule has 0 heterocycles. The topological polar surface area (TPSA) is 26.0 Å². The van der Waals surface area contributed by atoms with Gasteiger partial charge in [0.25, 0.3) is 0 Å². The zero-order valence-corrected chi connectivity index (χ0v) is 15.4. The smallest absolute Gasteiger partial charge is 0.00390 e. The lowest BCUT2D eigenvalue weighted by Crippen LogP contribution is -2.19. The highest BCUT2D eigenvalue weighted by atomic mass is 14.6. The van der Waals surface area contributed by atoms with Crippen LogP contribution >= 0.6 is 0 Å². The van der Waals surface area contributed by atoms with Gasteiger partial charge in [-0.3, -0.25) is 0 Å². The minimum atomic E-state index is 0.405. The van der Waals surface area contributed by atoms with Gasteiger partial charge in [-0.2, -0.15) is 0 Å². The highest BCUT2D eigenvalue weighted by molar-refractivity contribution is 4.83. The molecule has 1 heteroatoms. The van der Waals surface area contributed by atoms with E-state index in [1.807, 2.05) is 0 Å². The zero-order valence-electron chi connectivity index (χ0n) is 15.4. The molecule has 0 spiro atoms. The summed E-state index contributed by atoms with van der Waals surface area (Å²) in [5, 5.41) is 0. The van der Waals surface area contributed by atoms with Crippen molar-refractivity contribution in [3.8, 4) is 0 Å². The molecule has 0 radical (unpaired) electrons. The first kappa shape index (κ1) is 21.4. The second-order valence-corrected chi connectivity index (χ2v) is 6.56. The van der Waals surface area contributed by atoms with Gasteiger partial charge in [-0.15, -0.1) is 0 Å². The highest BCUT2D eigenvalue weighted by Gasteiger charge is 2.00. The summed E-state index contributed by atoms with van der Waals surface area (Å²) in [6, 6.07) is 0.405. The fourth-order valence-corrected chi connectivity index (χ4v) is 2.64. The summed E-state index contributed by atoms with van der Waals surface area (Å²) in [5.74, 6) is 0. The molecule has 0 aromatic rings. The minimum Gasteiger partial charge on any atom is -0.328 e. The number of allylic oxidation sites excluding steroid dienone is 4. The number of hydrogen-bond donors (Lipinski definition) is 1. The molecule has 0 bridgehead atoms. The molecular weight excluding hydrogens is 266 g/mol. The lowest BCUT2D eigenvalue weighted by atomic mass is 10.0. The van der Waals surface area contributed by atoms with E-state index in [-0.39, 0.29) is 0 Å². The first-order chi connectivity index (χ1) is 10.8. The van der Waals surface area contributed by atoms with E-state index in [1.165, 1.54) is 89.9 Å². The molecule has 0 aromatic carbocycles. The molecule has 0 unspecified atom stereocenters. The molecular formula is C21H41N. The molecule has 0 saturated heterocycles. The fourth-order valence-electron chi connectivity index (χ4n) is 2.64. The fraction of sp³-hybridized carbons (Fsp3) is 0.810. The standard InChI is InChI=1S/C21H41N/c1-3-5-7-9-11-13-15-17-19-21(22)20-18-16-14-12-10-8-6-4-2/h11-14,21H,3-10,15-20,22H2,1-2H3/b13-11-,14-12-. The third kappa shape index (κ3) is 17.5. The average molecular weight is 308 g/mol. The van der Waals surface area contributed by atoms with Gasteiger partial charge in [-0.05, 0) is 64.2 Å². The summed E-state index contributed by atoms with van der Waals surface area (Å²) in [4.78, 5) is 0. The van der Waals surface area contributed by atoms with Gasteiger partial charge < -0.3 is 5.73 Å². The number of hydrogen-bond acceptors (Lipinski definition) is 1. The maximum Gasteiger partial charge on any atom is 0.00390 e. The third-order valence-electron chi connectivity index (χ3n) is 4.17. The average Bonchev–Trinajstić information content (AvgIpc) is 2.52. The van der Waals surface area contributed by atoms with Crippen LogP contribution in [0.2, 0.25) is 0 Å². The summed E-state index contributed by atoms with van der Waals surface area (Å²) in [5.41, 5.74) is 6.19. The van der Waals surface area contributed by atoms with Crippen LogP contribution in [0.4, 0.5) is 0 Å². The van der Waals surface area contributed by atoms with E-state index in [9.17, 15) is 0 Å². The van der Waals surface area contributed by atoms with Crippen molar-refractivity contribution in [2.75, 3.05) is 0 Å². The Hall–Kier alpha value is -0.560. The van der Waals surface area contributed by atoms with Crippen LogP contribution in [0.3, 0.4) is 0 Å². The Morgan fingerprint density at radius 1 is 0.591 bits per heavy atom. The van der Waals surface area contributed by atoms with Crippen molar-refractivity contribution >= 4 is 0 Å². The zero-order chi connectivity index (χ0) is 16.3. The van der Waals surface area contributed by atoms with Gasteiger partial charge >= 0.3 is 0 Å². The number of unbranched alkanes of at least 4 members (excludes halogenated alkanes) is 8. The van der Waals surface area contributed by atoms with Crippen LogP contribution in [0.5, 0.6) is 0 Å². The molecule has 0 amide bonds. The maximum absolute atomic E-state index is 6.19. The predicted molar refractivity (Wildman–Crippen MR) is 102 cm³/mol. The van der Waals surface area contributed by atoms with Crippen molar-refractivity contribution in [1.29, 1.82) is 0 Å². The normalized spacial score (nSPS) is 12.2. The Morgan fingerprint density at radius 3 is 1.32 bits per heavy atom. The second kappa shape index (κ2) is 18.5. The minimum absolute atomic E-state index is 0.405. The molecule has 0 rings (SSSR count). The van der Waals surface area contributed by atoms with Gasteiger partial charge in [0.15, 0.2) is 0 Å². The van der Waals surface area contributed by atoms with Gasteiger partial charge in [0.1, 0.15) is 0 Å². The van der Waals surface area contributed by atoms with Crippen LogP contribution in [0.25, 0.3) is 0 Å². The van der Waals surface area contributed by atoms with Gasteiger partial charge in [0.05, 0.1) is 0 Å². The van der Waals surface area contributed by atoms with E-state index >= 15 is 0 Å². The Kier molecular flexibility index (Phi) is 18.0. The van der Waals surface area contributed by atoms with Crippen LogP contribution in [0.1, 0.15) is 104 Å². The maximum atomic E-state index is 6.19. The number of rotatable bonds is 16. The summed E-state index contributed by atoms with van der Waals surface area (Å²) >= 11 is 0. The van der Waals surface area contributed by atoms with Crippen molar-refractivity contribution in [3.63, 3.8) is 0 Å². The molecule has 130 valence electrons. The van der Waals surface area contributed by atoms with Crippen LogP contribution < -0.4 is 5.73 Å². The summed E-state index contributed by atoms with van der Waals surface area (Å²) in [6.07, 6.45) is 27.2. The monoisotopic (exact) mass is 307 g/mol. The van der Waals surface area contributed by atoms with E-state index in [0.717, 1.165) is 0 Å². The lowest BCUT2D eigenvalue weighted by molar-refractivity contribution is 0.532. The van der Waals surface area contributed by atoms with Crippen LogP contribution in [0, 0.1) is 0 Å². The molecule has 1 nitrogen and oxygen atoms in total. The Balaban J connectivity index is 3.30. The van der Waals surface area contributed by atoms with Crippen LogP contribution in [0.15, 0.2) is 24.3 Å². The first-order valence-electron chi connectivity index (χ1n) is 9.86. The predicted octanol–water partition coefficient (Wildman–Crippen LogP) is 6.93. The van der Waals surface area contributed by atoms with E-state index < -0.39 is 0 Å². The molecule has 0 saturated carbocycles. The van der Waals surface area contributed by atoms with Crippen molar-refractivity contribution in [3.05, 3.63) is 24.3 Å². The van der Waals surface area contributed by atoms with Crippen LogP contribution in [-0.2, 0) is 0 Å². The van der Waals surface area contributed by atoms with Crippen molar-refractivity contribution in [2.45, 2.75) is 110 Å². The third-order valence-corrected chi connectivity index (χ3v) is 4.17. The molecule has 0 fully saturated rings. The van der Waals surface area contributed by atoms with Crippen LogP contribution in [-0.4, -0.2) is 6.04 Å². The molecule has 2 N–H and O–H groups in total. The first-order valence-corrected chi connectivity index (χ1v) is 9.86. The van der Waals surface area contributed by atoms with Crippen molar-refractivity contribution in [1.82, 2.24) is 0 Å². The number of nitrogens with two attached hydrogens (primary N) is 1. The van der Waals surface area contributed by atoms with E-state index in [2.05, 4.69) is 38.2 Å². The Bertz CT molecular complexity index is 229. The molecule has 0 atom stereocenters. The quantitative estimate of drug-likeness (QED) is 0.243. The molecule has 0 aliphatic rings. The largest absolute Gasteiger partial charge is 0.328 e. The van der Waals surface area contributed by atoms with E-state index in [4.69, 9.17) is 5.73 Å². The summed E-state index contributed by atoms with van der Waals surface area (Å²) < 4.78 is 0. The Labute approximate surface area is 140 Å². The van der Waals surface area contributed by atoms with E-state index in [0.29, 0.717) is 6.04 Å². The van der Waals surface area contributed by atoms with E-state index in [1.54, 1.807) is 0 Å². The summed E-state index contributed by atoms with van der Waals surface area (Å²) in [7, 11) is 0. The highest BCUT2D eigenvalue weighted by Crippen LogP contribution is 2.09. The Morgan fingerprint density at radius 2 is 0.955 bits per heavy atom. The van der Waals surface area contributed by atoms with Gasteiger partial charge in [-0.1, -0.05) is 63.8 Å². The van der Waals surface area contributed by atoms with Gasteiger partial charge in [0.2, 0.25) is 0 Å². The SMILES string of the molecule is CCCCC/C=C\CCCC(N)CCC/C=C\CCCCC. The van der Waals surface area contributed by atoms with Crippen molar-refractivity contribution in [2.24, 2.45) is 5.73 Å².